The standard InChI is InChI=1S/C10H16O2/c1-10(2)8-6(9(10)12)4-3-5-7(8)11/h6,8-9,12H,3-5H2,1-2H3. The van der Waals surface area contributed by atoms with Crippen LogP contribution in [-0.2, 0) is 4.79 Å². The topological polar surface area (TPSA) is 37.3 Å². The number of aliphatic hydroxyl groups is 1. The second-order valence-electron chi connectivity index (χ2n) is 4.77. The van der Waals surface area contributed by atoms with Gasteiger partial charge in [-0.05, 0) is 18.8 Å². The van der Waals surface area contributed by atoms with Crippen LogP contribution in [0.2, 0.25) is 0 Å². The highest BCUT2D eigenvalue weighted by Crippen LogP contribution is 2.55. The molecule has 0 amide bonds. The zero-order valence-electron chi connectivity index (χ0n) is 7.71. The van der Waals surface area contributed by atoms with Gasteiger partial charge in [-0.15, -0.1) is 0 Å². The molecule has 2 aliphatic rings. The fourth-order valence-electron chi connectivity index (χ4n) is 3.00. The smallest absolute Gasteiger partial charge is 0.136 e. The Labute approximate surface area is 73.0 Å². The Morgan fingerprint density at radius 2 is 2.17 bits per heavy atom. The van der Waals surface area contributed by atoms with Crippen molar-refractivity contribution in [2.45, 2.75) is 39.2 Å². The summed E-state index contributed by atoms with van der Waals surface area (Å²) in [5.41, 5.74) is -0.151. The quantitative estimate of drug-likeness (QED) is 0.593. The Kier molecular flexibility index (Phi) is 1.59. The van der Waals surface area contributed by atoms with E-state index >= 15 is 0 Å². The summed E-state index contributed by atoms with van der Waals surface area (Å²) in [5.74, 6) is 0.809. The van der Waals surface area contributed by atoms with E-state index in [1.807, 2.05) is 13.8 Å². The average Bonchev–Trinajstić information content (AvgIpc) is 2.03. The van der Waals surface area contributed by atoms with Gasteiger partial charge in [0.25, 0.3) is 0 Å². The molecule has 2 heteroatoms. The fraction of sp³-hybridized carbons (Fsp3) is 0.900. The maximum atomic E-state index is 11.5. The van der Waals surface area contributed by atoms with E-state index in [2.05, 4.69) is 0 Å². The second-order valence-corrected chi connectivity index (χ2v) is 4.77. The number of carbonyl (C=O) groups excluding carboxylic acids is 1. The minimum absolute atomic E-state index is 0.151. The summed E-state index contributed by atoms with van der Waals surface area (Å²) in [6.07, 6.45) is 2.51. The molecular weight excluding hydrogens is 152 g/mol. The third-order valence-corrected chi connectivity index (χ3v) is 3.71. The fourth-order valence-corrected chi connectivity index (χ4v) is 3.00. The number of hydrogen-bond acceptors (Lipinski definition) is 2. The summed E-state index contributed by atoms with van der Waals surface area (Å²) in [6, 6.07) is 0. The molecule has 0 aromatic rings. The minimum Gasteiger partial charge on any atom is -0.392 e. The van der Waals surface area contributed by atoms with Gasteiger partial charge in [0.15, 0.2) is 0 Å². The Hall–Kier alpha value is -0.370. The number of Topliss-reactive ketones (excluding diaryl/α,β-unsaturated/α-hetero) is 1. The summed E-state index contributed by atoms with van der Waals surface area (Å²) in [5, 5.41) is 9.74. The van der Waals surface area contributed by atoms with Gasteiger partial charge in [-0.1, -0.05) is 13.8 Å². The van der Waals surface area contributed by atoms with Gasteiger partial charge < -0.3 is 5.11 Å². The van der Waals surface area contributed by atoms with Crippen LogP contribution in [0.5, 0.6) is 0 Å². The largest absolute Gasteiger partial charge is 0.392 e. The minimum atomic E-state index is -0.244. The molecule has 3 unspecified atom stereocenters. The van der Waals surface area contributed by atoms with Crippen molar-refractivity contribution in [3.63, 3.8) is 0 Å². The highest BCUT2D eigenvalue weighted by Gasteiger charge is 2.59. The van der Waals surface area contributed by atoms with E-state index in [0.29, 0.717) is 5.78 Å². The van der Waals surface area contributed by atoms with Crippen molar-refractivity contribution >= 4 is 5.78 Å². The third kappa shape index (κ3) is 0.817. The zero-order valence-corrected chi connectivity index (χ0v) is 7.71. The van der Waals surface area contributed by atoms with Gasteiger partial charge in [-0.25, -0.2) is 0 Å². The number of fused-ring (bicyclic) bond motifs is 1. The Morgan fingerprint density at radius 1 is 1.50 bits per heavy atom. The van der Waals surface area contributed by atoms with Crippen molar-refractivity contribution in [2.75, 3.05) is 0 Å². The normalized spacial score (nSPS) is 44.9. The number of rotatable bonds is 0. The van der Waals surface area contributed by atoms with Crippen LogP contribution in [0.3, 0.4) is 0 Å². The monoisotopic (exact) mass is 168 g/mol. The molecule has 2 rings (SSSR count). The molecule has 2 nitrogen and oxygen atoms in total. The van der Waals surface area contributed by atoms with E-state index in [1.54, 1.807) is 0 Å². The van der Waals surface area contributed by atoms with Crippen LogP contribution in [0.25, 0.3) is 0 Å². The molecule has 1 N–H and O–H groups in total. The van der Waals surface area contributed by atoms with E-state index < -0.39 is 0 Å². The Bertz CT molecular complexity index is 220. The van der Waals surface area contributed by atoms with Gasteiger partial charge in [-0.3, -0.25) is 4.79 Å². The molecule has 0 spiro atoms. The molecule has 0 heterocycles. The van der Waals surface area contributed by atoms with Crippen molar-refractivity contribution in [1.29, 1.82) is 0 Å². The van der Waals surface area contributed by atoms with E-state index in [-0.39, 0.29) is 23.4 Å². The number of carbonyl (C=O) groups is 1. The van der Waals surface area contributed by atoms with Crippen LogP contribution < -0.4 is 0 Å². The molecule has 0 saturated heterocycles. The predicted octanol–water partition coefficient (Wildman–Crippen LogP) is 1.37. The average molecular weight is 168 g/mol. The van der Waals surface area contributed by atoms with Gasteiger partial charge in [0.2, 0.25) is 0 Å². The van der Waals surface area contributed by atoms with Gasteiger partial charge in [0.05, 0.1) is 6.10 Å². The second kappa shape index (κ2) is 2.32. The highest BCUT2D eigenvalue weighted by atomic mass is 16.3. The van der Waals surface area contributed by atoms with Crippen molar-refractivity contribution in [1.82, 2.24) is 0 Å². The van der Waals surface area contributed by atoms with Crippen molar-refractivity contribution in [3.8, 4) is 0 Å². The van der Waals surface area contributed by atoms with Gasteiger partial charge in [0, 0.05) is 17.8 Å². The van der Waals surface area contributed by atoms with E-state index in [9.17, 15) is 9.90 Å². The third-order valence-electron chi connectivity index (χ3n) is 3.71. The maximum absolute atomic E-state index is 11.5. The van der Waals surface area contributed by atoms with Crippen molar-refractivity contribution in [3.05, 3.63) is 0 Å². The lowest BCUT2D eigenvalue weighted by Crippen LogP contribution is -2.61. The van der Waals surface area contributed by atoms with Gasteiger partial charge in [-0.2, -0.15) is 0 Å². The SMILES string of the molecule is CC1(C)C(O)C2CCCC(=O)C21. The van der Waals surface area contributed by atoms with Gasteiger partial charge in [0.1, 0.15) is 5.78 Å². The maximum Gasteiger partial charge on any atom is 0.136 e. The lowest BCUT2D eigenvalue weighted by atomic mass is 9.48. The zero-order chi connectivity index (χ0) is 8.93. The molecule has 2 aliphatic carbocycles. The van der Waals surface area contributed by atoms with Crippen LogP contribution in [-0.4, -0.2) is 17.0 Å². The molecule has 2 fully saturated rings. The first kappa shape index (κ1) is 8.24. The summed E-state index contributed by atoms with van der Waals surface area (Å²) < 4.78 is 0. The first-order valence-corrected chi connectivity index (χ1v) is 4.76. The molecule has 2 saturated carbocycles. The van der Waals surface area contributed by atoms with Crippen LogP contribution in [0, 0.1) is 17.3 Å². The number of ketones is 1. The molecule has 0 aromatic carbocycles. The molecule has 0 bridgehead atoms. The lowest BCUT2D eigenvalue weighted by molar-refractivity contribution is -0.183. The summed E-state index contributed by atoms with van der Waals surface area (Å²) in [4.78, 5) is 11.5. The highest BCUT2D eigenvalue weighted by molar-refractivity contribution is 5.84. The summed E-state index contributed by atoms with van der Waals surface area (Å²) >= 11 is 0. The molecular formula is C10H16O2. The van der Waals surface area contributed by atoms with E-state index in [4.69, 9.17) is 0 Å². The van der Waals surface area contributed by atoms with Crippen LogP contribution in [0.4, 0.5) is 0 Å². The first-order valence-electron chi connectivity index (χ1n) is 4.76. The molecule has 0 aromatic heterocycles. The Balaban J connectivity index is 2.21. The first-order chi connectivity index (χ1) is 5.55. The van der Waals surface area contributed by atoms with Gasteiger partial charge >= 0.3 is 0 Å². The Morgan fingerprint density at radius 3 is 2.75 bits per heavy atom. The van der Waals surface area contributed by atoms with Crippen LogP contribution in [0.1, 0.15) is 33.1 Å². The lowest BCUT2D eigenvalue weighted by Gasteiger charge is -2.57. The molecule has 0 radical (unpaired) electrons. The molecule has 68 valence electrons. The summed E-state index contributed by atoms with van der Waals surface area (Å²) in [7, 11) is 0. The van der Waals surface area contributed by atoms with Crippen LogP contribution in [0.15, 0.2) is 0 Å². The number of aliphatic hydroxyl groups excluding tert-OH is 1. The molecule has 3 atom stereocenters. The van der Waals surface area contributed by atoms with Crippen molar-refractivity contribution < 1.29 is 9.90 Å². The van der Waals surface area contributed by atoms with Crippen molar-refractivity contribution in [2.24, 2.45) is 17.3 Å². The molecule has 12 heavy (non-hydrogen) atoms. The number of hydrogen-bond donors (Lipinski definition) is 1. The van der Waals surface area contributed by atoms with E-state index in [1.165, 1.54) is 0 Å². The predicted molar refractivity (Wildman–Crippen MR) is 45.6 cm³/mol. The molecule has 0 aliphatic heterocycles. The summed E-state index contributed by atoms with van der Waals surface area (Å²) in [6.45, 7) is 4.00. The van der Waals surface area contributed by atoms with E-state index in [0.717, 1.165) is 19.3 Å². The van der Waals surface area contributed by atoms with Crippen LogP contribution >= 0.6 is 0 Å².